The summed E-state index contributed by atoms with van der Waals surface area (Å²) >= 11 is 3.47. The summed E-state index contributed by atoms with van der Waals surface area (Å²) in [7, 11) is 1.57. The van der Waals surface area contributed by atoms with E-state index in [9.17, 15) is 10.1 Å². The van der Waals surface area contributed by atoms with E-state index in [1.807, 2.05) is 12.1 Å². The molecule has 0 saturated carbocycles. The molecule has 0 aliphatic carbocycles. The molecular weight excluding hydrogens is 422 g/mol. The van der Waals surface area contributed by atoms with E-state index in [1.54, 1.807) is 43.5 Å². The van der Waals surface area contributed by atoms with E-state index in [4.69, 9.17) is 9.47 Å². The molecule has 1 N–H and O–H groups in total. The highest BCUT2D eigenvalue weighted by Gasteiger charge is 2.19. The van der Waals surface area contributed by atoms with Crippen LogP contribution >= 0.6 is 15.9 Å². The molecule has 0 aromatic heterocycles. The third-order valence-electron chi connectivity index (χ3n) is 3.94. The first-order valence-corrected chi connectivity index (χ1v) is 9.67. The number of nitrogens with one attached hydrogen (secondary N) is 1. The Bertz CT molecular complexity index is 863. The van der Waals surface area contributed by atoms with Crippen molar-refractivity contribution in [3.05, 3.63) is 58.1 Å². The number of nitriles is 1. The summed E-state index contributed by atoms with van der Waals surface area (Å²) < 4.78 is 11.9. The van der Waals surface area contributed by atoms with Crippen LogP contribution in [0.15, 0.2) is 52.0 Å². The van der Waals surface area contributed by atoms with Gasteiger partial charge >= 0.3 is 0 Å². The van der Waals surface area contributed by atoms with Crippen LogP contribution < -0.4 is 14.9 Å². The lowest BCUT2D eigenvalue weighted by molar-refractivity contribution is -0.121. The highest BCUT2D eigenvalue weighted by Crippen LogP contribution is 2.33. The average Bonchev–Trinajstić information content (AvgIpc) is 2.71. The van der Waals surface area contributed by atoms with Gasteiger partial charge in [-0.15, -0.1) is 0 Å². The van der Waals surface area contributed by atoms with Crippen molar-refractivity contribution in [1.29, 1.82) is 5.26 Å². The highest BCUT2D eigenvalue weighted by molar-refractivity contribution is 9.10. The van der Waals surface area contributed by atoms with Crippen LogP contribution in [-0.2, 0) is 4.79 Å². The van der Waals surface area contributed by atoms with Gasteiger partial charge in [-0.1, -0.05) is 43.7 Å². The smallest absolute Gasteiger partial charge is 0.261 e. The van der Waals surface area contributed by atoms with Crippen molar-refractivity contribution in [1.82, 2.24) is 5.43 Å². The maximum Gasteiger partial charge on any atom is 0.261 e. The monoisotopic (exact) mass is 443 g/mol. The molecule has 0 heterocycles. The van der Waals surface area contributed by atoms with Crippen LogP contribution in [0.1, 0.15) is 36.8 Å². The third kappa shape index (κ3) is 5.83. The van der Waals surface area contributed by atoms with Gasteiger partial charge in [-0.25, -0.2) is 5.43 Å². The van der Waals surface area contributed by atoms with Gasteiger partial charge < -0.3 is 9.47 Å². The molecule has 6 nitrogen and oxygen atoms in total. The predicted octanol–water partition coefficient (Wildman–Crippen LogP) is 4.39. The molecule has 1 atom stereocenters. The van der Waals surface area contributed by atoms with Gasteiger partial charge in [0.1, 0.15) is 0 Å². The molecule has 2 rings (SSSR count). The summed E-state index contributed by atoms with van der Waals surface area (Å²) in [4.78, 5) is 12.3. The van der Waals surface area contributed by atoms with Gasteiger partial charge in [0.05, 0.1) is 26.0 Å². The van der Waals surface area contributed by atoms with Crippen LogP contribution in [0, 0.1) is 11.3 Å². The van der Waals surface area contributed by atoms with Crippen molar-refractivity contribution in [3.63, 3.8) is 0 Å². The van der Waals surface area contributed by atoms with E-state index in [-0.39, 0.29) is 0 Å². The fourth-order valence-electron chi connectivity index (χ4n) is 2.41. The summed E-state index contributed by atoms with van der Waals surface area (Å²) in [5, 5.41) is 13.3. The second-order valence-electron chi connectivity index (χ2n) is 5.93. The maximum absolute atomic E-state index is 12.3. The summed E-state index contributed by atoms with van der Waals surface area (Å²) in [5.41, 5.74) is 3.74. The minimum atomic E-state index is -0.925. The molecule has 0 radical (unpaired) electrons. The third-order valence-corrected chi connectivity index (χ3v) is 4.63. The van der Waals surface area contributed by atoms with Crippen molar-refractivity contribution < 1.29 is 14.3 Å². The van der Waals surface area contributed by atoms with Gasteiger partial charge in [0.25, 0.3) is 5.91 Å². The lowest BCUT2D eigenvalue weighted by Crippen LogP contribution is -2.24. The molecule has 0 spiro atoms. The number of nitrogens with zero attached hydrogens (tertiary/aromatic N) is 2. The largest absolute Gasteiger partial charge is 0.493 e. The number of ether oxygens (including phenoxy) is 2. The van der Waals surface area contributed by atoms with E-state index in [0.717, 1.165) is 17.3 Å². The standard InChI is InChI=1S/C21H22BrN3O3/c1-3-4-10-28-20-12-18(22)16(11-19(20)27-2)14-24-25-21(26)17(13-23)15-8-6-5-7-9-15/h5-9,11-12,14,17H,3-4,10H2,1-2H3,(H,25,26)/b24-14-/t17-/m0/s1. The lowest BCUT2D eigenvalue weighted by atomic mass is 10.0. The van der Waals surface area contributed by atoms with Crippen LogP contribution in [0.25, 0.3) is 0 Å². The van der Waals surface area contributed by atoms with Crippen molar-refractivity contribution in [2.45, 2.75) is 25.7 Å². The molecule has 28 heavy (non-hydrogen) atoms. The molecular formula is C21H22BrN3O3. The van der Waals surface area contributed by atoms with Gasteiger partial charge in [0.15, 0.2) is 17.4 Å². The molecule has 0 unspecified atom stereocenters. The molecule has 0 saturated heterocycles. The minimum absolute atomic E-state index is 0.493. The van der Waals surface area contributed by atoms with E-state index in [2.05, 4.69) is 33.4 Å². The number of unbranched alkanes of at least 4 members (excludes halogenated alkanes) is 1. The van der Waals surface area contributed by atoms with Crippen molar-refractivity contribution in [3.8, 4) is 17.6 Å². The number of hydrazone groups is 1. The Hall–Kier alpha value is -2.85. The van der Waals surface area contributed by atoms with Crippen LogP contribution in [0.3, 0.4) is 0 Å². The molecule has 0 aliphatic rings. The Balaban J connectivity index is 2.09. The number of rotatable bonds is 9. The number of hydrogen-bond acceptors (Lipinski definition) is 5. The second kappa shape index (κ2) is 11.1. The summed E-state index contributed by atoms with van der Waals surface area (Å²) in [5.74, 6) is -0.206. The molecule has 0 aliphatic heterocycles. The van der Waals surface area contributed by atoms with Crippen LogP contribution in [0.5, 0.6) is 11.5 Å². The van der Waals surface area contributed by atoms with Crippen LogP contribution in [0.4, 0.5) is 0 Å². The molecule has 146 valence electrons. The lowest BCUT2D eigenvalue weighted by Gasteiger charge is -2.12. The number of amides is 1. The Morgan fingerprint density at radius 2 is 2.07 bits per heavy atom. The van der Waals surface area contributed by atoms with E-state index in [0.29, 0.717) is 29.2 Å². The van der Waals surface area contributed by atoms with E-state index >= 15 is 0 Å². The maximum atomic E-state index is 12.3. The first-order chi connectivity index (χ1) is 13.6. The van der Waals surface area contributed by atoms with Gasteiger partial charge in [0.2, 0.25) is 0 Å². The molecule has 2 aromatic rings. The molecule has 0 fully saturated rings. The SMILES string of the molecule is CCCCOc1cc(Br)c(/C=N\NC(=O)[C@@H](C#N)c2ccccc2)cc1OC. The fraction of sp³-hybridized carbons (Fsp3) is 0.286. The van der Waals surface area contributed by atoms with Crippen LogP contribution in [0.2, 0.25) is 0 Å². The normalized spacial score (nSPS) is 11.6. The predicted molar refractivity (Wildman–Crippen MR) is 112 cm³/mol. The van der Waals surface area contributed by atoms with Gasteiger partial charge in [-0.05, 0) is 40.0 Å². The summed E-state index contributed by atoms with van der Waals surface area (Å²) in [6.45, 7) is 2.71. The zero-order chi connectivity index (χ0) is 20.4. The quantitative estimate of drug-likeness (QED) is 0.353. The fourth-order valence-corrected chi connectivity index (χ4v) is 2.83. The molecule has 1 amide bonds. The van der Waals surface area contributed by atoms with Crippen molar-refractivity contribution in [2.75, 3.05) is 13.7 Å². The Morgan fingerprint density at radius 1 is 1.32 bits per heavy atom. The number of carbonyl (C=O) groups excluding carboxylic acids is 1. The summed E-state index contributed by atoms with van der Waals surface area (Å²) in [6, 6.07) is 14.4. The van der Waals surface area contributed by atoms with E-state index in [1.165, 1.54) is 6.21 Å². The van der Waals surface area contributed by atoms with Crippen LogP contribution in [-0.4, -0.2) is 25.8 Å². The Morgan fingerprint density at radius 3 is 2.71 bits per heavy atom. The number of benzene rings is 2. The topological polar surface area (TPSA) is 83.7 Å². The molecule has 2 aromatic carbocycles. The zero-order valence-corrected chi connectivity index (χ0v) is 17.4. The minimum Gasteiger partial charge on any atom is -0.493 e. The second-order valence-corrected chi connectivity index (χ2v) is 6.79. The average molecular weight is 444 g/mol. The van der Waals surface area contributed by atoms with Gasteiger partial charge in [-0.2, -0.15) is 10.4 Å². The highest BCUT2D eigenvalue weighted by atomic mass is 79.9. The van der Waals surface area contributed by atoms with Crippen molar-refractivity contribution >= 4 is 28.1 Å². The number of hydrogen-bond donors (Lipinski definition) is 1. The Kier molecular flexibility index (Phi) is 8.50. The molecule has 7 heteroatoms. The number of carbonyl (C=O) groups is 1. The van der Waals surface area contributed by atoms with Crippen molar-refractivity contribution in [2.24, 2.45) is 5.10 Å². The Labute approximate surface area is 173 Å². The molecule has 0 bridgehead atoms. The number of methoxy groups -OCH3 is 1. The first-order valence-electron chi connectivity index (χ1n) is 8.88. The van der Waals surface area contributed by atoms with E-state index < -0.39 is 11.8 Å². The van der Waals surface area contributed by atoms with Gasteiger partial charge in [-0.3, -0.25) is 4.79 Å². The van der Waals surface area contributed by atoms with Gasteiger partial charge in [0, 0.05) is 10.0 Å². The first kappa shape index (κ1) is 21.5. The number of halogens is 1. The summed E-state index contributed by atoms with van der Waals surface area (Å²) in [6.07, 6.45) is 3.48. The zero-order valence-electron chi connectivity index (χ0n) is 15.8.